The average Bonchev–Trinajstić information content (AvgIpc) is 3.12. The van der Waals surface area contributed by atoms with Gasteiger partial charge < -0.3 is 10.1 Å². The highest BCUT2D eigenvalue weighted by Crippen LogP contribution is 2.46. The fraction of sp³-hybridized carbons (Fsp3) is 0.462. The molecule has 0 radical (unpaired) electrons. The van der Waals surface area contributed by atoms with Crippen molar-refractivity contribution in [2.75, 3.05) is 14.1 Å². The number of fused-ring (bicyclic) bond motifs is 1. The molecule has 0 saturated heterocycles. The SMILES string of the molecule is CC(Cc1c[nH]c2ccccc12)CC1(O)CCC(c2ccccc2)(N(C)C)CC1. The highest BCUT2D eigenvalue weighted by molar-refractivity contribution is 5.83. The highest BCUT2D eigenvalue weighted by Gasteiger charge is 2.44. The number of hydrogen-bond donors (Lipinski definition) is 2. The van der Waals surface area contributed by atoms with Crippen LogP contribution in [-0.4, -0.2) is 34.7 Å². The van der Waals surface area contributed by atoms with Crippen molar-refractivity contribution in [3.8, 4) is 0 Å². The molecule has 0 spiro atoms. The summed E-state index contributed by atoms with van der Waals surface area (Å²) in [7, 11) is 4.36. The largest absolute Gasteiger partial charge is 0.390 e. The molecule has 1 saturated carbocycles. The molecular formula is C26H34N2O. The van der Waals surface area contributed by atoms with Gasteiger partial charge in [0.15, 0.2) is 0 Å². The van der Waals surface area contributed by atoms with Gasteiger partial charge in [-0.15, -0.1) is 0 Å². The maximum absolute atomic E-state index is 11.4. The Kier molecular flexibility index (Phi) is 5.54. The Morgan fingerprint density at radius 2 is 1.62 bits per heavy atom. The van der Waals surface area contributed by atoms with E-state index in [-0.39, 0.29) is 5.54 Å². The number of aromatic nitrogens is 1. The molecule has 1 unspecified atom stereocenters. The second-order valence-electron chi connectivity index (χ2n) is 9.39. The number of H-pyrrole nitrogens is 1. The third-order valence-corrected chi connectivity index (χ3v) is 7.15. The first-order valence-corrected chi connectivity index (χ1v) is 10.9. The van der Waals surface area contributed by atoms with Gasteiger partial charge in [-0.2, -0.15) is 0 Å². The Hall–Kier alpha value is -2.10. The van der Waals surface area contributed by atoms with E-state index in [0.717, 1.165) is 38.5 Å². The van der Waals surface area contributed by atoms with Crippen LogP contribution in [-0.2, 0) is 12.0 Å². The molecule has 154 valence electrons. The molecule has 1 atom stereocenters. The second-order valence-corrected chi connectivity index (χ2v) is 9.39. The van der Waals surface area contributed by atoms with E-state index in [2.05, 4.69) is 91.7 Å². The molecular weight excluding hydrogens is 356 g/mol. The van der Waals surface area contributed by atoms with E-state index >= 15 is 0 Å². The summed E-state index contributed by atoms with van der Waals surface area (Å²) in [6.45, 7) is 2.28. The minimum atomic E-state index is -0.556. The first-order chi connectivity index (χ1) is 13.9. The van der Waals surface area contributed by atoms with Crippen LogP contribution in [0.5, 0.6) is 0 Å². The van der Waals surface area contributed by atoms with Crippen molar-refractivity contribution >= 4 is 10.9 Å². The molecule has 2 aromatic carbocycles. The van der Waals surface area contributed by atoms with E-state index in [1.807, 2.05) is 0 Å². The number of aliphatic hydroxyl groups is 1. The van der Waals surface area contributed by atoms with Gasteiger partial charge in [-0.1, -0.05) is 55.5 Å². The summed E-state index contributed by atoms with van der Waals surface area (Å²) in [5.74, 6) is 0.447. The molecule has 29 heavy (non-hydrogen) atoms. The lowest BCUT2D eigenvalue weighted by molar-refractivity contribution is -0.0593. The van der Waals surface area contributed by atoms with Crippen LogP contribution in [0.3, 0.4) is 0 Å². The van der Waals surface area contributed by atoms with Gasteiger partial charge in [0.05, 0.1) is 5.60 Å². The molecule has 0 aliphatic heterocycles. The topological polar surface area (TPSA) is 39.3 Å². The fourth-order valence-corrected chi connectivity index (χ4v) is 5.47. The standard InChI is InChI=1S/C26H34N2O/c1-20(17-21-19-27-24-12-8-7-11-23(21)24)18-25(29)13-15-26(16-14-25,28(2)3)22-9-5-4-6-10-22/h4-12,19-20,27,29H,13-18H2,1-3H3. The van der Waals surface area contributed by atoms with Crippen LogP contribution >= 0.6 is 0 Å². The molecule has 2 N–H and O–H groups in total. The summed E-state index contributed by atoms with van der Waals surface area (Å²) in [6, 6.07) is 19.3. The zero-order valence-electron chi connectivity index (χ0n) is 18.0. The minimum absolute atomic E-state index is 0.0353. The lowest BCUT2D eigenvalue weighted by atomic mass is 9.67. The Labute approximate surface area is 174 Å². The highest BCUT2D eigenvalue weighted by atomic mass is 16.3. The molecule has 4 rings (SSSR count). The molecule has 1 heterocycles. The van der Waals surface area contributed by atoms with E-state index in [1.165, 1.54) is 22.0 Å². The van der Waals surface area contributed by atoms with Crippen LogP contribution in [0.1, 0.15) is 50.2 Å². The predicted molar refractivity (Wildman–Crippen MR) is 121 cm³/mol. The molecule has 1 aliphatic rings. The first kappa shape index (κ1) is 20.2. The quantitative estimate of drug-likeness (QED) is 0.583. The minimum Gasteiger partial charge on any atom is -0.390 e. The normalized spacial score (nSPS) is 26.1. The second kappa shape index (κ2) is 7.97. The molecule has 0 bridgehead atoms. The summed E-state index contributed by atoms with van der Waals surface area (Å²) >= 11 is 0. The molecule has 1 aromatic heterocycles. The number of benzene rings is 2. The predicted octanol–water partition coefficient (Wildman–Crippen LogP) is 5.50. The Morgan fingerprint density at radius 3 is 2.31 bits per heavy atom. The first-order valence-electron chi connectivity index (χ1n) is 10.9. The van der Waals surface area contributed by atoms with Crippen molar-refractivity contribution in [2.45, 2.75) is 56.6 Å². The van der Waals surface area contributed by atoms with E-state index in [1.54, 1.807) is 0 Å². The van der Waals surface area contributed by atoms with Gasteiger partial charge in [0.25, 0.3) is 0 Å². The number of para-hydroxylation sites is 1. The molecule has 0 amide bonds. The number of nitrogens with one attached hydrogen (secondary N) is 1. The Balaban J connectivity index is 1.44. The van der Waals surface area contributed by atoms with E-state index in [9.17, 15) is 5.11 Å². The van der Waals surface area contributed by atoms with Crippen molar-refractivity contribution in [1.29, 1.82) is 0 Å². The molecule has 3 nitrogen and oxygen atoms in total. The Morgan fingerprint density at radius 1 is 0.966 bits per heavy atom. The van der Waals surface area contributed by atoms with Gasteiger partial charge in [-0.3, -0.25) is 4.90 Å². The van der Waals surface area contributed by atoms with Gasteiger partial charge in [-0.25, -0.2) is 0 Å². The van der Waals surface area contributed by atoms with Gasteiger partial charge >= 0.3 is 0 Å². The number of hydrogen-bond acceptors (Lipinski definition) is 2. The van der Waals surface area contributed by atoms with Gasteiger partial charge in [-0.05, 0) is 75.7 Å². The van der Waals surface area contributed by atoms with Crippen LogP contribution in [0, 0.1) is 5.92 Å². The van der Waals surface area contributed by atoms with E-state index in [4.69, 9.17) is 0 Å². The lowest BCUT2D eigenvalue weighted by Crippen LogP contribution is -2.49. The van der Waals surface area contributed by atoms with Crippen molar-refractivity contribution in [3.63, 3.8) is 0 Å². The van der Waals surface area contributed by atoms with Gasteiger partial charge in [0, 0.05) is 22.6 Å². The molecule has 3 aromatic rings. The van der Waals surface area contributed by atoms with Gasteiger partial charge in [0.2, 0.25) is 0 Å². The number of aromatic amines is 1. The third kappa shape index (κ3) is 3.99. The maximum atomic E-state index is 11.4. The fourth-order valence-electron chi connectivity index (χ4n) is 5.47. The monoisotopic (exact) mass is 390 g/mol. The average molecular weight is 391 g/mol. The van der Waals surface area contributed by atoms with Crippen LogP contribution in [0.4, 0.5) is 0 Å². The van der Waals surface area contributed by atoms with Crippen molar-refractivity contribution in [3.05, 3.63) is 71.9 Å². The van der Waals surface area contributed by atoms with Crippen LogP contribution in [0.25, 0.3) is 10.9 Å². The summed E-state index contributed by atoms with van der Waals surface area (Å²) in [5, 5.41) is 12.7. The smallest absolute Gasteiger partial charge is 0.0652 e. The summed E-state index contributed by atoms with van der Waals surface area (Å²) in [6.07, 6.45) is 7.73. The number of rotatable bonds is 6. The van der Waals surface area contributed by atoms with Crippen molar-refractivity contribution in [1.82, 2.24) is 9.88 Å². The lowest BCUT2D eigenvalue weighted by Gasteiger charge is -2.49. The van der Waals surface area contributed by atoms with Crippen LogP contribution < -0.4 is 0 Å². The van der Waals surface area contributed by atoms with E-state index < -0.39 is 5.60 Å². The molecule has 1 aliphatic carbocycles. The zero-order chi connectivity index (χ0) is 20.5. The summed E-state index contributed by atoms with van der Waals surface area (Å²) in [5.41, 5.74) is 3.41. The number of nitrogens with zero attached hydrogens (tertiary/aromatic N) is 1. The van der Waals surface area contributed by atoms with Gasteiger partial charge in [0.1, 0.15) is 0 Å². The molecule has 3 heteroatoms. The molecule has 1 fully saturated rings. The van der Waals surface area contributed by atoms with Crippen LogP contribution in [0.2, 0.25) is 0 Å². The zero-order valence-corrected chi connectivity index (χ0v) is 18.0. The van der Waals surface area contributed by atoms with Crippen molar-refractivity contribution in [2.24, 2.45) is 5.92 Å². The third-order valence-electron chi connectivity index (χ3n) is 7.15. The summed E-state index contributed by atoms with van der Waals surface area (Å²) < 4.78 is 0. The summed E-state index contributed by atoms with van der Waals surface area (Å²) in [4.78, 5) is 5.74. The van der Waals surface area contributed by atoms with Crippen molar-refractivity contribution < 1.29 is 5.11 Å². The van der Waals surface area contributed by atoms with Crippen LogP contribution in [0.15, 0.2) is 60.8 Å². The van der Waals surface area contributed by atoms with E-state index in [0.29, 0.717) is 5.92 Å². The maximum Gasteiger partial charge on any atom is 0.0652 e. The Bertz CT molecular complexity index is 936.